The van der Waals surface area contributed by atoms with Crippen molar-refractivity contribution in [2.75, 3.05) is 51.3 Å². The number of amides is 2. The van der Waals surface area contributed by atoms with Crippen LogP contribution in [-0.4, -0.2) is 72.5 Å². The second-order valence-corrected chi connectivity index (χ2v) is 6.10. The van der Waals surface area contributed by atoms with Crippen molar-refractivity contribution in [2.45, 2.75) is 19.3 Å². The van der Waals surface area contributed by atoms with E-state index in [1.165, 1.54) is 0 Å². The Morgan fingerprint density at radius 3 is 2.75 bits per heavy atom. The highest BCUT2D eigenvalue weighted by molar-refractivity contribution is 5.94. The number of pyridine rings is 1. The average Bonchev–Trinajstić information content (AvgIpc) is 3.04. The Morgan fingerprint density at radius 1 is 1.25 bits per heavy atom. The summed E-state index contributed by atoms with van der Waals surface area (Å²) in [5, 5.41) is 3.24. The third-order valence-corrected chi connectivity index (χ3v) is 4.39. The molecular weight excluding hydrogens is 308 g/mol. The second kappa shape index (κ2) is 8.10. The number of carbonyl (C=O) groups excluding carboxylic acids is 2. The Bertz CT molecular complexity index is 570. The monoisotopic (exact) mass is 332 g/mol. The fraction of sp³-hybridized carbons (Fsp3) is 0.588. The van der Waals surface area contributed by atoms with Gasteiger partial charge in [0, 0.05) is 45.3 Å². The molecule has 24 heavy (non-hydrogen) atoms. The number of likely N-dealkylation sites (tertiary alicyclic amines) is 1. The van der Waals surface area contributed by atoms with Crippen LogP contribution in [0.3, 0.4) is 0 Å². The smallest absolute Gasteiger partial charge is 0.255 e. The number of nitrogens with zero attached hydrogens (tertiary/aromatic N) is 3. The minimum absolute atomic E-state index is 0.00453. The van der Waals surface area contributed by atoms with Crippen molar-refractivity contribution in [3.63, 3.8) is 0 Å². The third-order valence-electron chi connectivity index (χ3n) is 4.39. The van der Waals surface area contributed by atoms with Gasteiger partial charge in [-0.15, -0.1) is 0 Å². The SMILES string of the molecule is O=C1CCCN1CCCNc1ccc(C(=O)N2CCOCC2)cn1. The van der Waals surface area contributed by atoms with Crippen molar-refractivity contribution in [3.8, 4) is 0 Å². The van der Waals surface area contributed by atoms with E-state index in [1.807, 2.05) is 11.0 Å². The predicted octanol–water partition coefficient (Wildman–Crippen LogP) is 0.978. The lowest BCUT2D eigenvalue weighted by Gasteiger charge is -2.26. The molecule has 2 aliphatic rings. The maximum Gasteiger partial charge on any atom is 0.255 e. The lowest BCUT2D eigenvalue weighted by Crippen LogP contribution is -2.40. The molecule has 7 nitrogen and oxygen atoms in total. The quantitative estimate of drug-likeness (QED) is 0.786. The maximum atomic E-state index is 12.3. The van der Waals surface area contributed by atoms with Gasteiger partial charge in [-0.05, 0) is 25.0 Å². The first kappa shape index (κ1) is 16.7. The normalized spacial score (nSPS) is 18.1. The van der Waals surface area contributed by atoms with Crippen molar-refractivity contribution in [1.82, 2.24) is 14.8 Å². The Morgan fingerprint density at radius 2 is 2.08 bits per heavy atom. The molecule has 2 fully saturated rings. The highest BCUT2D eigenvalue weighted by Gasteiger charge is 2.19. The van der Waals surface area contributed by atoms with E-state index in [1.54, 1.807) is 17.2 Å². The van der Waals surface area contributed by atoms with Gasteiger partial charge in [0.15, 0.2) is 0 Å². The molecule has 0 radical (unpaired) electrons. The van der Waals surface area contributed by atoms with Crippen molar-refractivity contribution < 1.29 is 14.3 Å². The highest BCUT2D eigenvalue weighted by Crippen LogP contribution is 2.11. The molecule has 3 rings (SSSR count). The molecule has 1 aromatic heterocycles. The summed E-state index contributed by atoms with van der Waals surface area (Å²) in [4.78, 5) is 31.9. The Hall–Kier alpha value is -2.15. The molecule has 7 heteroatoms. The van der Waals surface area contributed by atoms with Gasteiger partial charge in [0.25, 0.3) is 5.91 Å². The average molecular weight is 332 g/mol. The van der Waals surface area contributed by atoms with Crippen molar-refractivity contribution in [1.29, 1.82) is 0 Å². The molecular formula is C17H24N4O3. The van der Waals surface area contributed by atoms with Crippen LogP contribution in [0.25, 0.3) is 0 Å². The van der Waals surface area contributed by atoms with E-state index in [0.29, 0.717) is 38.3 Å². The summed E-state index contributed by atoms with van der Waals surface area (Å²) in [5.41, 5.74) is 0.602. The third kappa shape index (κ3) is 4.23. The van der Waals surface area contributed by atoms with E-state index >= 15 is 0 Å². The van der Waals surface area contributed by atoms with Crippen LogP contribution in [0.2, 0.25) is 0 Å². The van der Waals surface area contributed by atoms with Gasteiger partial charge >= 0.3 is 0 Å². The topological polar surface area (TPSA) is 74.8 Å². The summed E-state index contributed by atoms with van der Waals surface area (Å²) in [5.74, 6) is 1.02. The summed E-state index contributed by atoms with van der Waals surface area (Å²) in [6.45, 7) is 4.89. The van der Waals surface area contributed by atoms with Gasteiger partial charge in [-0.2, -0.15) is 0 Å². The molecule has 3 heterocycles. The van der Waals surface area contributed by atoms with Crippen molar-refractivity contribution >= 4 is 17.6 Å². The second-order valence-electron chi connectivity index (χ2n) is 6.10. The fourth-order valence-corrected chi connectivity index (χ4v) is 3.00. The number of nitrogens with one attached hydrogen (secondary N) is 1. The fourth-order valence-electron chi connectivity index (χ4n) is 3.00. The predicted molar refractivity (Wildman–Crippen MR) is 89.9 cm³/mol. The molecule has 2 amide bonds. The van der Waals surface area contributed by atoms with E-state index in [0.717, 1.165) is 38.3 Å². The van der Waals surface area contributed by atoms with Gasteiger partial charge < -0.3 is 19.9 Å². The highest BCUT2D eigenvalue weighted by atomic mass is 16.5. The molecule has 0 unspecified atom stereocenters. The number of carbonyl (C=O) groups is 2. The maximum absolute atomic E-state index is 12.3. The number of anilines is 1. The van der Waals surface area contributed by atoms with Crippen LogP contribution >= 0.6 is 0 Å². The number of aromatic nitrogens is 1. The van der Waals surface area contributed by atoms with Gasteiger partial charge in [-0.3, -0.25) is 9.59 Å². The molecule has 1 N–H and O–H groups in total. The molecule has 1 aromatic rings. The van der Waals surface area contributed by atoms with E-state index in [2.05, 4.69) is 10.3 Å². The van der Waals surface area contributed by atoms with Crippen molar-refractivity contribution in [2.24, 2.45) is 0 Å². The van der Waals surface area contributed by atoms with Crippen LogP contribution in [0.1, 0.15) is 29.6 Å². The minimum Gasteiger partial charge on any atom is -0.378 e. The van der Waals surface area contributed by atoms with Crippen LogP contribution in [-0.2, 0) is 9.53 Å². The number of rotatable bonds is 6. The van der Waals surface area contributed by atoms with Gasteiger partial charge in [-0.1, -0.05) is 0 Å². The molecule has 2 aliphatic heterocycles. The van der Waals surface area contributed by atoms with Crippen LogP contribution < -0.4 is 5.32 Å². The van der Waals surface area contributed by atoms with E-state index in [4.69, 9.17) is 4.74 Å². The Kier molecular flexibility index (Phi) is 5.63. The van der Waals surface area contributed by atoms with E-state index < -0.39 is 0 Å². The summed E-state index contributed by atoms with van der Waals surface area (Å²) in [6, 6.07) is 3.63. The summed E-state index contributed by atoms with van der Waals surface area (Å²) >= 11 is 0. The summed E-state index contributed by atoms with van der Waals surface area (Å²) in [6.07, 6.45) is 4.17. The van der Waals surface area contributed by atoms with Gasteiger partial charge in [0.2, 0.25) is 5.91 Å². The number of hydrogen-bond donors (Lipinski definition) is 1. The van der Waals surface area contributed by atoms with Gasteiger partial charge in [-0.25, -0.2) is 4.98 Å². The first-order valence-electron chi connectivity index (χ1n) is 8.59. The molecule has 0 bridgehead atoms. The first-order valence-corrected chi connectivity index (χ1v) is 8.59. The van der Waals surface area contributed by atoms with Crippen molar-refractivity contribution in [3.05, 3.63) is 23.9 Å². The molecule has 0 atom stereocenters. The number of ether oxygens (including phenoxy) is 1. The standard InChI is InChI=1S/C17H24N4O3/c22-16-3-1-7-20(16)8-2-6-18-15-5-4-14(13-19-15)17(23)21-9-11-24-12-10-21/h4-5,13H,1-3,6-12H2,(H,18,19). The molecule has 130 valence electrons. The summed E-state index contributed by atoms with van der Waals surface area (Å²) < 4.78 is 5.26. The van der Waals surface area contributed by atoms with Crippen LogP contribution in [0, 0.1) is 0 Å². The summed E-state index contributed by atoms with van der Waals surface area (Å²) in [7, 11) is 0. The zero-order valence-electron chi connectivity index (χ0n) is 13.9. The molecule has 0 aromatic carbocycles. The number of hydrogen-bond acceptors (Lipinski definition) is 5. The van der Waals surface area contributed by atoms with Gasteiger partial charge in [0.05, 0.1) is 18.8 Å². The molecule has 0 spiro atoms. The Balaban J connectivity index is 1.42. The zero-order chi connectivity index (χ0) is 16.8. The van der Waals surface area contributed by atoms with E-state index in [9.17, 15) is 9.59 Å². The Labute approximate surface area is 142 Å². The molecule has 2 saturated heterocycles. The van der Waals surface area contributed by atoms with Gasteiger partial charge in [0.1, 0.15) is 5.82 Å². The minimum atomic E-state index is 0.00453. The van der Waals surface area contributed by atoms with Crippen LogP contribution in [0.15, 0.2) is 18.3 Å². The number of morpholine rings is 1. The largest absolute Gasteiger partial charge is 0.378 e. The first-order chi connectivity index (χ1) is 11.7. The molecule has 0 saturated carbocycles. The van der Waals surface area contributed by atoms with Crippen LogP contribution in [0.4, 0.5) is 5.82 Å². The van der Waals surface area contributed by atoms with Crippen LogP contribution in [0.5, 0.6) is 0 Å². The lowest BCUT2D eigenvalue weighted by molar-refractivity contribution is -0.127. The zero-order valence-corrected chi connectivity index (χ0v) is 13.9. The lowest BCUT2D eigenvalue weighted by atomic mass is 10.2. The molecule has 0 aliphatic carbocycles. The van der Waals surface area contributed by atoms with E-state index in [-0.39, 0.29) is 11.8 Å².